The summed E-state index contributed by atoms with van der Waals surface area (Å²) in [4.78, 5) is 11.0. The number of aldehydes is 1. The Hall–Kier alpha value is -2.09. The molecule has 1 aromatic carbocycles. The molecule has 0 bridgehead atoms. The quantitative estimate of drug-likeness (QED) is 0.265. The Kier molecular flexibility index (Phi) is 7.38. The van der Waals surface area contributed by atoms with E-state index in [2.05, 4.69) is 33.4 Å². The minimum Gasteiger partial charge on any atom is -0.461 e. The van der Waals surface area contributed by atoms with Gasteiger partial charge in [0.25, 0.3) is 0 Å². The van der Waals surface area contributed by atoms with E-state index < -0.39 is 0 Å². The SMILES string of the molecule is C=C(/C=C(/C)Oc1ccccc1C=O)CC/C(=C\C)C(C)C. The van der Waals surface area contributed by atoms with Crippen molar-refractivity contribution in [1.82, 2.24) is 0 Å². The van der Waals surface area contributed by atoms with Crippen molar-refractivity contribution in [3.8, 4) is 5.75 Å². The lowest BCUT2D eigenvalue weighted by atomic mass is 9.96. The molecule has 0 aliphatic rings. The normalized spacial score (nSPS) is 12.4. The van der Waals surface area contributed by atoms with Crippen LogP contribution in [0.2, 0.25) is 0 Å². The number of carbonyl (C=O) groups excluding carboxylic acids is 1. The molecule has 0 spiro atoms. The first-order valence-electron chi connectivity index (χ1n) is 7.71. The summed E-state index contributed by atoms with van der Waals surface area (Å²) in [5, 5.41) is 0. The molecule has 0 radical (unpaired) electrons. The van der Waals surface area contributed by atoms with Crippen molar-refractivity contribution in [3.05, 3.63) is 65.5 Å². The fourth-order valence-corrected chi connectivity index (χ4v) is 2.30. The summed E-state index contributed by atoms with van der Waals surface area (Å²) in [7, 11) is 0. The molecule has 2 nitrogen and oxygen atoms in total. The van der Waals surface area contributed by atoms with Gasteiger partial charge in [-0.1, -0.05) is 49.8 Å². The molecule has 0 atom stereocenters. The second-order valence-corrected chi connectivity index (χ2v) is 5.69. The maximum absolute atomic E-state index is 11.0. The molecule has 1 aromatic rings. The summed E-state index contributed by atoms with van der Waals surface area (Å²) in [5.41, 5.74) is 3.03. The molecule has 0 fully saturated rings. The van der Waals surface area contributed by atoms with E-state index in [0.717, 1.165) is 30.5 Å². The first kappa shape index (κ1) is 18.0. The zero-order chi connectivity index (χ0) is 16.5. The number of para-hydroxylation sites is 1. The smallest absolute Gasteiger partial charge is 0.153 e. The first-order valence-corrected chi connectivity index (χ1v) is 7.71. The first-order chi connectivity index (χ1) is 10.5. The van der Waals surface area contributed by atoms with Crippen molar-refractivity contribution in [2.45, 2.75) is 40.5 Å². The van der Waals surface area contributed by atoms with Crippen LogP contribution in [0.15, 0.2) is 59.9 Å². The van der Waals surface area contributed by atoms with Crippen LogP contribution in [0.3, 0.4) is 0 Å². The van der Waals surface area contributed by atoms with Gasteiger partial charge >= 0.3 is 0 Å². The summed E-state index contributed by atoms with van der Waals surface area (Å²) in [6.07, 6.45) is 6.86. The Morgan fingerprint density at radius 1 is 1.27 bits per heavy atom. The third-order valence-corrected chi connectivity index (χ3v) is 3.57. The van der Waals surface area contributed by atoms with E-state index in [1.807, 2.05) is 25.1 Å². The fourth-order valence-electron chi connectivity index (χ4n) is 2.30. The van der Waals surface area contributed by atoms with Crippen LogP contribution in [0.4, 0.5) is 0 Å². The van der Waals surface area contributed by atoms with E-state index in [-0.39, 0.29) is 0 Å². The van der Waals surface area contributed by atoms with E-state index in [1.54, 1.807) is 12.1 Å². The lowest BCUT2D eigenvalue weighted by molar-refractivity contribution is 0.112. The van der Waals surface area contributed by atoms with Crippen LogP contribution in [-0.4, -0.2) is 6.29 Å². The second kappa shape index (κ2) is 9.04. The van der Waals surface area contributed by atoms with Crippen molar-refractivity contribution < 1.29 is 9.53 Å². The molecule has 0 aliphatic carbocycles. The molecule has 0 unspecified atom stereocenters. The van der Waals surface area contributed by atoms with Crippen molar-refractivity contribution in [2.24, 2.45) is 5.92 Å². The predicted molar refractivity (Wildman–Crippen MR) is 93.2 cm³/mol. The summed E-state index contributed by atoms with van der Waals surface area (Å²) >= 11 is 0. The Labute approximate surface area is 134 Å². The molecule has 2 heteroatoms. The van der Waals surface area contributed by atoms with Crippen molar-refractivity contribution in [2.75, 3.05) is 0 Å². The third-order valence-electron chi connectivity index (χ3n) is 3.57. The highest BCUT2D eigenvalue weighted by atomic mass is 16.5. The average Bonchev–Trinajstić information content (AvgIpc) is 2.47. The minimum absolute atomic E-state index is 0.553. The van der Waals surface area contributed by atoms with Crippen LogP contribution < -0.4 is 4.74 Å². The van der Waals surface area contributed by atoms with Gasteiger partial charge in [-0.3, -0.25) is 4.79 Å². The third kappa shape index (κ3) is 5.72. The van der Waals surface area contributed by atoms with E-state index in [1.165, 1.54) is 5.57 Å². The molecule has 0 saturated carbocycles. The maximum atomic E-state index is 11.0. The molecule has 0 aromatic heterocycles. The van der Waals surface area contributed by atoms with Crippen molar-refractivity contribution in [1.29, 1.82) is 0 Å². The van der Waals surface area contributed by atoms with E-state index in [9.17, 15) is 4.79 Å². The molecular formula is C20H26O2. The topological polar surface area (TPSA) is 26.3 Å². The van der Waals surface area contributed by atoms with Crippen LogP contribution in [0.1, 0.15) is 50.9 Å². The maximum Gasteiger partial charge on any atom is 0.153 e. The number of hydrogen-bond acceptors (Lipinski definition) is 2. The van der Waals surface area contributed by atoms with Gasteiger partial charge in [-0.2, -0.15) is 0 Å². The van der Waals surface area contributed by atoms with Gasteiger partial charge in [0.15, 0.2) is 6.29 Å². The standard InChI is InChI=1S/C20H26O2/c1-6-18(15(2)3)12-11-16(4)13-17(5)22-20-10-8-7-9-19(20)14-21/h6-10,13-15H,4,11-12H2,1-3,5H3/b17-13-,18-6+. The van der Waals surface area contributed by atoms with Gasteiger partial charge in [-0.05, 0) is 50.8 Å². The lowest BCUT2D eigenvalue weighted by Gasteiger charge is -2.12. The van der Waals surface area contributed by atoms with Crippen molar-refractivity contribution >= 4 is 6.29 Å². The Morgan fingerprint density at radius 2 is 1.95 bits per heavy atom. The molecule has 1 rings (SSSR count). The monoisotopic (exact) mass is 298 g/mol. The summed E-state index contributed by atoms with van der Waals surface area (Å²) in [6.45, 7) is 12.5. The van der Waals surface area contributed by atoms with E-state index in [0.29, 0.717) is 17.2 Å². The molecule has 118 valence electrons. The van der Waals surface area contributed by atoms with Crippen molar-refractivity contribution in [3.63, 3.8) is 0 Å². The molecular weight excluding hydrogens is 272 g/mol. The number of ether oxygens (including phenoxy) is 1. The van der Waals surface area contributed by atoms with Crippen LogP contribution in [-0.2, 0) is 0 Å². The minimum atomic E-state index is 0.553. The van der Waals surface area contributed by atoms with Gasteiger partial charge in [0.1, 0.15) is 11.5 Å². The molecule has 0 N–H and O–H groups in total. The second-order valence-electron chi connectivity index (χ2n) is 5.69. The highest BCUT2D eigenvalue weighted by molar-refractivity contribution is 5.79. The number of benzene rings is 1. The molecule has 0 aliphatic heterocycles. The van der Waals surface area contributed by atoms with Gasteiger partial charge in [0.2, 0.25) is 0 Å². The zero-order valence-electron chi connectivity index (χ0n) is 14.1. The van der Waals surface area contributed by atoms with Gasteiger partial charge in [-0.15, -0.1) is 0 Å². The highest BCUT2D eigenvalue weighted by Crippen LogP contribution is 2.21. The van der Waals surface area contributed by atoms with Crippen LogP contribution in [0.25, 0.3) is 0 Å². The van der Waals surface area contributed by atoms with Gasteiger partial charge in [0, 0.05) is 0 Å². The molecule has 22 heavy (non-hydrogen) atoms. The summed E-state index contributed by atoms with van der Waals surface area (Å²) in [5.74, 6) is 1.89. The van der Waals surface area contributed by atoms with Crippen LogP contribution >= 0.6 is 0 Å². The fraction of sp³-hybridized carbons (Fsp3) is 0.350. The van der Waals surface area contributed by atoms with Gasteiger partial charge in [-0.25, -0.2) is 0 Å². The highest BCUT2D eigenvalue weighted by Gasteiger charge is 2.05. The average molecular weight is 298 g/mol. The zero-order valence-corrected chi connectivity index (χ0v) is 14.1. The molecule has 0 saturated heterocycles. The number of hydrogen-bond donors (Lipinski definition) is 0. The Balaban J connectivity index is 2.65. The number of carbonyl (C=O) groups is 1. The van der Waals surface area contributed by atoms with E-state index >= 15 is 0 Å². The van der Waals surface area contributed by atoms with Gasteiger partial charge in [0.05, 0.1) is 5.56 Å². The molecule has 0 amide bonds. The Morgan fingerprint density at radius 3 is 2.55 bits per heavy atom. The molecule has 0 heterocycles. The van der Waals surface area contributed by atoms with E-state index in [4.69, 9.17) is 4.74 Å². The van der Waals surface area contributed by atoms with Crippen LogP contribution in [0.5, 0.6) is 5.75 Å². The summed E-state index contributed by atoms with van der Waals surface area (Å²) in [6, 6.07) is 7.20. The predicted octanol–water partition coefficient (Wildman–Crippen LogP) is 5.72. The summed E-state index contributed by atoms with van der Waals surface area (Å²) < 4.78 is 5.74. The number of allylic oxidation sites excluding steroid dienone is 5. The van der Waals surface area contributed by atoms with Gasteiger partial charge < -0.3 is 4.74 Å². The largest absolute Gasteiger partial charge is 0.461 e. The number of rotatable bonds is 8. The van der Waals surface area contributed by atoms with Crippen LogP contribution in [0, 0.1) is 5.92 Å². The lowest BCUT2D eigenvalue weighted by Crippen LogP contribution is -1.97. The Bertz CT molecular complexity index is 577.